The first-order chi connectivity index (χ1) is 24.8. The third-order valence-electron chi connectivity index (χ3n) is 11.2. The molecule has 0 saturated carbocycles. The van der Waals surface area contributed by atoms with Crippen LogP contribution in [0.1, 0.15) is 97.8 Å². The van der Waals surface area contributed by atoms with Gasteiger partial charge in [-0.25, -0.2) is 0 Å². The average molecular weight is 785 g/mol. The fourth-order valence-electron chi connectivity index (χ4n) is 7.14. The predicted molar refractivity (Wildman–Crippen MR) is 204 cm³/mol. The summed E-state index contributed by atoms with van der Waals surface area (Å²) in [6.07, 6.45) is 13.9. The van der Waals surface area contributed by atoms with Gasteiger partial charge < -0.3 is 60.0 Å². The molecular formula is C40H82Li6N6O6. The summed E-state index contributed by atoms with van der Waals surface area (Å²) in [5.41, 5.74) is 0. The van der Waals surface area contributed by atoms with Crippen molar-refractivity contribution in [2.24, 2.45) is 5.92 Å². The first kappa shape index (κ1) is 75.4. The molecule has 18 heteroatoms. The maximum Gasteiger partial charge on any atom is 1.00 e. The molecule has 6 saturated heterocycles. The summed E-state index contributed by atoms with van der Waals surface area (Å²) in [5.74, 6) is 0.833. The summed E-state index contributed by atoms with van der Waals surface area (Å²) in [4.78, 5) is 12.9. The quantitative estimate of drug-likeness (QED) is 0.235. The Balaban J connectivity index is -0.000000104. The Labute approximate surface area is 430 Å². The first-order valence-electron chi connectivity index (χ1n) is 20.5. The summed E-state index contributed by atoms with van der Waals surface area (Å²) in [7, 11) is 12.1. The summed E-state index contributed by atoms with van der Waals surface area (Å²) in [6, 6.07) is 2.06. The minimum Gasteiger partial charge on any atom is -0.853 e. The van der Waals surface area contributed by atoms with Crippen molar-refractivity contribution >= 4 is 0 Å². The largest absolute Gasteiger partial charge is 1.00 e. The van der Waals surface area contributed by atoms with Crippen molar-refractivity contribution in [2.45, 2.75) is 134 Å². The molecule has 6 atom stereocenters. The van der Waals surface area contributed by atoms with E-state index in [0.717, 1.165) is 83.7 Å². The van der Waals surface area contributed by atoms with Crippen molar-refractivity contribution in [3.8, 4) is 0 Å². The Kier molecular flexibility index (Phi) is 62.5. The van der Waals surface area contributed by atoms with Gasteiger partial charge in [-0.2, -0.15) is 0 Å². The standard InChI is InChI=1S/6C6H12NO.C4H10.6Li/c6*1-7-4-2-3-6(7)5-8;1-4(2)3;;;;;;/h6*6H,2-5H2,1H3;4H,1-3H3;;;;;;/q6*-1;;6*+1/t6*6-;;;;;;;/m000000......./s1. The Morgan fingerprint density at radius 3 is 0.448 bits per heavy atom. The van der Waals surface area contributed by atoms with Gasteiger partial charge in [-0.05, 0) is 201 Å². The van der Waals surface area contributed by atoms with Crippen LogP contribution in [0, 0.1) is 5.92 Å². The Hall–Kier alpha value is 3.10. The van der Waals surface area contributed by atoms with Crippen molar-refractivity contribution < 1.29 is 144 Å². The van der Waals surface area contributed by atoms with E-state index in [4.69, 9.17) is 0 Å². The van der Waals surface area contributed by atoms with Crippen LogP contribution in [-0.2, 0) is 0 Å². The van der Waals surface area contributed by atoms with E-state index in [1.54, 1.807) is 0 Å². The molecule has 0 unspecified atom stereocenters. The predicted octanol–water partition coefficient (Wildman–Crippen LogP) is -19.7. The van der Waals surface area contributed by atoms with Gasteiger partial charge in [-0.3, -0.25) is 0 Å². The summed E-state index contributed by atoms with van der Waals surface area (Å²) < 4.78 is 0. The fourth-order valence-corrected chi connectivity index (χ4v) is 7.14. The van der Waals surface area contributed by atoms with Crippen LogP contribution in [0.5, 0.6) is 0 Å². The molecular weight excluding hydrogens is 702 g/mol. The third-order valence-corrected chi connectivity index (χ3v) is 11.2. The second-order valence-corrected chi connectivity index (χ2v) is 16.4. The monoisotopic (exact) mass is 785 g/mol. The van der Waals surface area contributed by atoms with E-state index in [1.165, 1.54) is 38.5 Å². The molecule has 0 radical (unpaired) electrons. The van der Waals surface area contributed by atoms with Gasteiger partial charge in [0.2, 0.25) is 0 Å². The molecule has 58 heavy (non-hydrogen) atoms. The van der Waals surface area contributed by atoms with Gasteiger partial charge in [0, 0.05) is 0 Å². The number of likely N-dealkylation sites (tertiary alicyclic amines) is 6. The van der Waals surface area contributed by atoms with E-state index < -0.39 is 0 Å². The normalized spacial score (nSPS) is 26.7. The van der Waals surface area contributed by atoms with Crippen LogP contribution in [0.15, 0.2) is 0 Å². The second kappa shape index (κ2) is 48.0. The van der Waals surface area contributed by atoms with Crippen molar-refractivity contribution in [3.63, 3.8) is 0 Å². The zero-order chi connectivity index (χ0) is 39.5. The molecule has 0 aromatic heterocycles. The van der Waals surface area contributed by atoms with Crippen molar-refractivity contribution in [1.29, 1.82) is 0 Å². The SMILES string of the molecule is CC(C)C.CN1CCC[C@H]1C[O-].CN1CCC[C@H]1C[O-].CN1CCC[C@H]1C[O-].CN1CCC[C@H]1C[O-].CN1CCC[C@H]1C[O-].CN1CCC[C@H]1C[O-].[Li+].[Li+].[Li+].[Li+].[Li+].[Li+]. The van der Waals surface area contributed by atoms with E-state index in [1.807, 2.05) is 42.3 Å². The van der Waals surface area contributed by atoms with Crippen LogP contribution in [0.3, 0.4) is 0 Å². The van der Waals surface area contributed by atoms with E-state index in [-0.39, 0.29) is 153 Å². The molecule has 0 aromatic rings. The smallest absolute Gasteiger partial charge is 0.853 e. The van der Waals surface area contributed by atoms with E-state index in [2.05, 4.69) is 50.2 Å². The third kappa shape index (κ3) is 35.4. The molecule has 0 aromatic carbocycles. The van der Waals surface area contributed by atoms with E-state index in [0.29, 0.717) is 36.3 Å². The zero-order valence-corrected chi connectivity index (χ0v) is 41.1. The number of hydrogen-bond donors (Lipinski definition) is 0. The maximum atomic E-state index is 10.3. The summed E-state index contributed by atoms with van der Waals surface area (Å²) in [6.45, 7) is 13.7. The number of hydrogen-bond acceptors (Lipinski definition) is 12. The van der Waals surface area contributed by atoms with Crippen molar-refractivity contribution in [1.82, 2.24) is 29.4 Å². The zero-order valence-electron chi connectivity index (χ0n) is 41.1. The van der Waals surface area contributed by atoms with Crippen LogP contribution in [-0.4, -0.2) is 187 Å². The molecule has 0 amide bonds. The molecule has 6 rings (SSSR count). The molecule has 0 bridgehead atoms. The topological polar surface area (TPSA) is 158 Å². The fraction of sp³-hybridized carbons (Fsp3) is 1.00. The molecule has 6 aliphatic heterocycles. The van der Waals surface area contributed by atoms with Gasteiger partial charge in [0.05, 0.1) is 0 Å². The minimum atomic E-state index is 0. The van der Waals surface area contributed by atoms with Gasteiger partial charge in [-0.15, -0.1) is 39.6 Å². The second-order valence-electron chi connectivity index (χ2n) is 16.4. The molecule has 6 aliphatic rings. The molecule has 6 fully saturated rings. The summed E-state index contributed by atoms with van der Waals surface area (Å²) >= 11 is 0. The number of likely N-dealkylation sites (N-methyl/N-ethyl adjacent to an activating group) is 6. The van der Waals surface area contributed by atoms with Crippen LogP contribution in [0.25, 0.3) is 0 Å². The van der Waals surface area contributed by atoms with Crippen LogP contribution in [0.2, 0.25) is 0 Å². The van der Waals surface area contributed by atoms with E-state index >= 15 is 0 Å². The number of rotatable bonds is 6. The Bertz CT molecular complexity index is 674. The van der Waals surface area contributed by atoms with Gasteiger partial charge in [0.15, 0.2) is 0 Å². The first-order valence-corrected chi connectivity index (χ1v) is 20.5. The van der Waals surface area contributed by atoms with Crippen LogP contribution >= 0.6 is 0 Å². The summed E-state index contributed by atoms with van der Waals surface area (Å²) in [5, 5.41) is 61.8. The van der Waals surface area contributed by atoms with Gasteiger partial charge in [0.1, 0.15) is 0 Å². The average Bonchev–Trinajstić information content (AvgIpc) is 3.99. The Morgan fingerprint density at radius 2 is 0.414 bits per heavy atom. The van der Waals surface area contributed by atoms with Gasteiger partial charge in [0.25, 0.3) is 0 Å². The maximum absolute atomic E-state index is 10.3. The van der Waals surface area contributed by atoms with Crippen LogP contribution < -0.4 is 144 Å². The van der Waals surface area contributed by atoms with Gasteiger partial charge >= 0.3 is 113 Å². The number of nitrogens with zero attached hydrogens (tertiary/aromatic N) is 6. The van der Waals surface area contributed by atoms with Crippen LogP contribution in [0.4, 0.5) is 0 Å². The molecule has 12 nitrogen and oxygen atoms in total. The van der Waals surface area contributed by atoms with Gasteiger partial charge in [-0.1, -0.05) is 20.8 Å². The molecule has 0 N–H and O–H groups in total. The minimum absolute atomic E-state index is 0. The van der Waals surface area contributed by atoms with E-state index in [9.17, 15) is 30.6 Å². The molecule has 0 aliphatic carbocycles. The molecule has 6 heterocycles. The molecule has 314 valence electrons. The van der Waals surface area contributed by atoms with Crippen molar-refractivity contribution in [3.05, 3.63) is 0 Å². The molecule has 0 spiro atoms. The Morgan fingerprint density at radius 1 is 0.310 bits per heavy atom. The van der Waals surface area contributed by atoms with Crippen molar-refractivity contribution in [2.75, 3.05) is 121 Å².